The molecular formula is C54H124N4O2+4. The van der Waals surface area contributed by atoms with Crippen LogP contribution >= 0.6 is 0 Å². The Hall–Kier alpha value is -0.690. The fraction of sp³-hybridized carbons (Fsp3) is 0.981. The van der Waals surface area contributed by atoms with Crippen LogP contribution in [0.4, 0.5) is 0 Å². The van der Waals surface area contributed by atoms with Crippen LogP contribution < -0.4 is 0 Å². The molecule has 60 heavy (non-hydrogen) atoms. The van der Waals surface area contributed by atoms with E-state index in [1.807, 2.05) is 0 Å². The third kappa shape index (κ3) is 51.7. The normalized spacial score (nSPS) is 11.6. The molecule has 0 unspecified atom stereocenters. The van der Waals surface area contributed by atoms with Gasteiger partial charge in [-0.05, 0) is 77.0 Å². The number of aliphatic carboxylic acids is 1. The molecule has 6 heteroatoms. The summed E-state index contributed by atoms with van der Waals surface area (Å²) in [7, 11) is 8.50. The van der Waals surface area contributed by atoms with Crippen molar-refractivity contribution >= 4 is 5.97 Å². The van der Waals surface area contributed by atoms with Crippen molar-refractivity contribution in [3.05, 3.63) is 0 Å². The SMILES string of the molecule is CC(=O)O.CCCC[N+](CCCC)(CCCC)CCCC.CCCC[N+](CCCC)(CCCC)CCCC.CCCC[N+](CCCC)(CCCC)CCCC.C[N+](C)(C)C. The molecule has 0 heterocycles. The number of carboxylic acid groups (broad SMARTS) is 1. The van der Waals surface area contributed by atoms with Crippen LogP contribution in [0.2, 0.25) is 0 Å². The highest BCUT2D eigenvalue weighted by Crippen LogP contribution is 2.19. The van der Waals surface area contributed by atoms with Crippen molar-refractivity contribution < 1.29 is 27.8 Å². The quantitative estimate of drug-likeness (QED) is 0.0637. The average molecular weight is 862 g/mol. The van der Waals surface area contributed by atoms with Gasteiger partial charge >= 0.3 is 0 Å². The number of hydrogen-bond donors (Lipinski definition) is 1. The summed E-state index contributed by atoms with van der Waals surface area (Å²) in [4.78, 5) is 9.00. The van der Waals surface area contributed by atoms with Crippen molar-refractivity contribution in [2.45, 2.75) is 244 Å². The zero-order chi connectivity index (χ0) is 47.0. The van der Waals surface area contributed by atoms with E-state index in [1.54, 1.807) is 0 Å². The molecule has 0 aliphatic heterocycles. The molecule has 0 fully saturated rings. The van der Waals surface area contributed by atoms with E-state index >= 15 is 0 Å². The summed E-state index contributed by atoms with van der Waals surface area (Å²) in [6.07, 6.45) is 33.2. The summed E-state index contributed by atoms with van der Waals surface area (Å²) in [5.74, 6) is -0.833. The summed E-state index contributed by atoms with van der Waals surface area (Å²) >= 11 is 0. The van der Waals surface area contributed by atoms with Crippen LogP contribution in [-0.4, -0.2) is 136 Å². The maximum absolute atomic E-state index is 9.00. The van der Waals surface area contributed by atoms with Crippen molar-refractivity contribution in [3.63, 3.8) is 0 Å². The molecule has 0 amide bonds. The van der Waals surface area contributed by atoms with Gasteiger partial charge in [0.05, 0.1) is 107 Å². The fourth-order valence-electron chi connectivity index (χ4n) is 7.93. The molecule has 0 aliphatic rings. The van der Waals surface area contributed by atoms with Crippen LogP contribution in [0.15, 0.2) is 0 Å². The average Bonchev–Trinajstić information content (AvgIpc) is 3.21. The number of rotatable bonds is 36. The Morgan fingerprint density at radius 1 is 0.283 bits per heavy atom. The van der Waals surface area contributed by atoms with Crippen molar-refractivity contribution in [2.75, 3.05) is 107 Å². The van der Waals surface area contributed by atoms with Gasteiger partial charge in [0, 0.05) is 6.92 Å². The molecule has 0 radical (unpaired) electrons. The minimum atomic E-state index is -0.833. The molecule has 0 aromatic heterocycles. The Kier molecular flexibility index (Phi) is 56.2. The number of quaternary nitrogens is 4. The van der Waals surface area contributed by atoms with E-state index in [4.69, 9.17) is 9.90 Å². The van der Waals surface area contributed by atoms with Gasteiger partial charge < -0.3 is 23.0 Å². The fourth-order valence-corrected chi connectivity index (χ4v) is 7.93. The van der Waals surface area contributed by atoms with Crippen LogP contribution in [0.1, 0.15) is 244 Å². The van der Waals surface area contributed by atoms with Gasteiger partial charge in [0.25, 0.3) is 5.97 Å². The van der Waals surface area contributed by atoms with Crippen LogP contribution in [0, 0.1) is 0 Å². The summed E-state index contributed by atoms with van der Waals surface area (Å²) in [6.45, 7) is 46.1. The lowest BCUT2D eigenvalue weighted by Crippen LogP contribution is -2.50. The first-order valence-electron chi connectivity index (χ1n) is 27.0. The zero-order valence-electron chi connectivity index (χ0n) is 45.6. The van der Waals surface area contributed by atoms with Crippen LogP contribution in [0.3, 0.4) is 0 Å². The van der Waals surface area contributed by atoms with Crippen molar-refractivity contribution in [3.8, 4) is 0 Å². The number of carbonyl (C=O) groups is 1. The minimum Gasteiger partial charge on any atom is -0.481 e. The van der Waals surface area contributed by atoms with Gasteiger partial charge in [0.2, 0.25) is 0 Å². The Morgan fingerprint density at radius 3 is 0.400 bits per heavy atom. The van der Waals surface area contributed by atoms with Gasteiger partial charge in [-0.1, -0.05) is 160 Å². The summed E-state index contributed by atoms with van der Waals surface area (Å²) in [6, 6.07) is 0. The van der Waals surface area contributed by atoms with Gasteiger partial charge in [-0.2, -0.15) is 0 Å². The molecule has 0 aromatic carbocycles. The third-order valence-electron chi connectivity index (χ3n) is 11.8. The molecule has 0 saturated carbocycles. The molecule has 0 spiro atoms. The second-order valence-corrected chi connectivity index (χ2v) is 20.2. The van der Waals surface area contributed by atoms with E-state index in [1.165, 1.54) is 246 Å². The van der Waals surface area contributed by atoms with Gasteiger partial charge in [0.1, 0.15) is 0 Å². The number of carboxylic acids is 1. The highest BCUT2D eigenvalue weighted by atomic mass is 16.4. The topological polar surface area (TPSA) is 37.3 Å². The standard InChI is InChI=1S/3C16H36N.C4H12N.C2H4O2/c3*1-5-9-13-17(14-10-6-2,15-11-7-3)16-12-8-4;1-5(2,3)4;1-2(3)4/h3*5-16H2,1-4H3;1-4H3;1H3,(H,3,4)/q4*+1;. The van der Waals surface area contributed by atoms with Crippen LogP contribution in [0.25, 0.3) is 0 Å². The van der Waals surface area contributed by atoms with Gasteiger partial charge in [0.15, 0.2) is 0 Å². The Labute approximate surface area is 383 Å². The zero-order valence-corrected chi connectivity index (χ0v) is 45.6. The van der Waals surface area contributed by atoms with Gasteiger partial charge in [-0.25, -0.2) is 0 Å². The molecule has 0 aromatic rings. The molecule has 0 rings (SSSR count). The van der Waals surface area contributed by atoms with E-state index in [-0.39, 0.29) is 0 Å². The molecular weight excluding hydrogens is 737 g/mol. The summed E-state index contributed by atoms with van der Waals surface area (Å²) < 4.78 is 5.26. The van der Waals surface area contributed by atoms with Gasteiger partial charge in [-0.15, -0.1) is 0 Å². The predicted octanol–water partition coefficient (Wildman–Crippen LogP) is 15.4. The Balaban J connectivity index is -0.000000228. The summed E-state index contributed by atoms with van der Waals surface area (Å²) in [5, 5.41) is 7.42. The minimum absolute atomic E-state index is 0.833. The van der Waals surface area contributed by atoms with Crippen LogP contribution in [-0.2, 0) is 4.79 Å². The van der Waals surface area contributed by atoms with E-state index in [0.29, 0.717) is 0 Å². The molecule has 0 aliphatic carbocycles. The van der Waals surface area contributed by atoms with Crippen molar-refractivity contribution in [1.29, 1.82) is 0 Å². The maximum Gasteiger partial charge on any atom is 0.300 e. The lowest BCUT2D eigenvalue weighted by atomic mass is 10.1. The Morgan fingerprint density at radius 2 is 0.350 bits per heavy atom. The highest BCUT2D eigenvalue weighted by Gasteiger charge is 2.27. The third-order valence-corrected chi connectivity index (χ3v) is 11.8. The number of hydrogen-bond acceptors (Lipinski definition) is 1. The number of nitrogens with zero attached hydrogens (tertiary/aromatic N) is 4. The molecule has 368 valence electrons. The smallest absolute Gasteiger partial charge is 0.300 e. The molecule has 0 atom stereocenters. The first-order valence-corrected chi connectivity index (χ1v) is 27.0. The molecule has 0 saturated heterocycles. The number of unbranched alkanes of at least 4 members (excludes halogenated alkanes) is 12. The highest BCUT2D eigenvalue weighted by molar-refractivity contribution is 5.62. The Bertz CT molecular complexity index is 604. The van der Waals surface area contributed by atoms with E-state index in [2.05, 4.69) is 111 Å². The first-order chi connectivity index (χ1) is 28.5. The second kappa shape index (κ2) is 49.3. The second-order valence-electron chi connectivity index (χ2n) is 20.2. The first kappa shape index (κ1) is 68.4. The van der Waals surface area contributed by atoms with Crippen molar-refractivity contribution in [2.24, 2.45) is 0 Å². The summed E-state index contributed by atoms with van der Waals surface area (Å²) in [5.41, 5.74) is 0. The lowest BCUT2D eigenvalue weighted by molar-refractivity contribution is -0.929. The molecule has 6 nitrogen and oxygen atoms in total. The van der Waals surface area contributed by atoms with Crippen molar-refractivity contribution in [1.82, 2.24) is 0 Å². The van der Waals surface area contributed by atoms with Crippen LogP contribution in [0.5, 0.6) is 0 Å². The molecule has 1 N–H and O–H groups in total. The predicted molar refractivity (Wildman–Crippen MR) is 275 cm³/mol. The molecule has 0 bridgehead atoms. The van der Waals surface area contributed by atoms with E-state index < -0.39 is 5.97 Å². The van der Waals surface area contributed by atoms with E-state index in [9.17, 15) is 0 Å². The monoisotopic (exact) mass is 861 g/mol. The maximum atomic E-state index is 9.00. The van der Waals surface area contributed by atoms with E-state index in [0.717, 1.165) is 11.4 Å². The lowest BCUT2D eigenvalue weighted by Gasteiger charge is -2.39. The largest absolute Gasteiger partial charge is 0.481 e. The van der Waals surface area contributed by atoms with Gasteiger partial charge in [-0.3, -0.25) is 4.79 Å².